The number of carbonyl (C=O) groups is 1. The van der Waals surface area contributed by atoms with Crippen molar-refractivity contribution in [1.29, 1.82) is 0 Å². The van der Waals surface area contributed by atoms with Crippen LogP contribution in [0.2, 0.25) is 0 Å². The van der Waals surface area contributed by atoms with Crippen molar-refractivity contribution in [3.8, 4) is 0 Å². The lowest BCUT2D eigenvalue weighted by Crippen LogP contribution is -2.15. The number of fused-ring (bicyclic) bond motifs is 1. The van der Waals surface area contributed by atoms with Crippen LogP contribution in [-0.2, 0) is 22.7 Å². The number of aryl methyl sites for hydroxylation is 1. The van der Waals surface area contributed by atoms with Crippen LogP contribution in [0.15, 0.2) is 65.7 Å². The molecule has 0 fully saturated rings. The van der Waals surface area contributed by atoms with E-state index in [0.29, 0.717) is 29.6 Å². The van der Waals surface area contributed by atoms with Gasteiger partial charge >= 0.3 is 6.18 Å². The number of anilines is 2. The number of nitrogens with zero attached hydrogens (tertiary/aromatic N) is 1. The van der Waals surface area contributed by atoms with Crippen molar-refractivity contribution >= 4 is 38.2 Å². The average Bonchev–Trinajstić information content (AvgIpc) is 3.23. The highest BCUT2D eigenvalue weighted by Gasteiger charge is 2.31. The third-order valence-corrected chi connectivity index (χ3v) is 6.78. The zero-order valence-corrected chi connectivity index (χ0v) is 19.5. The number of halogens is 3. The van der Waals surface area contributed by atoms with E-state index in [9.17, 15) is 26.4 Å². The van der Waals surface area contributed by atoms with Gasteiger partial charge in [-0.05, 0) is 60.5 Å². The smallest absolute Gasteiger partial charge is 0.380 e. The molecule has 4 aromatic rings. The number of ketones is 1. The number of pyridine rings is 1. The summed E-state index contributed by atoms with van der Waals surface area (Å²) in [4.78, 5) is 18.3. The Hall–Kier alpha value is -3.86. The second kappa shape index (κ2) is 9.06. The summed E-state index contributed by atoms with van der Waals surface area (Å²) < 4.78 is 66.7. The zero-order valence-electron chi connectivity index (χ0n) is 18.7. The summed E-state index contributed by atoms with van der Waals surface area (Å²) in [5, 5.41) is 3.98. The lowest BCUT2D eigenvalue weighted by atomic mass is 10.1. The Morgan fingerprint density at radius 3 is 2.54 bits per heavy atom. The number of alkyl halides is 3. The van der Waals surface area contributed by atoms with Crippen LogP contribution in [0.1, 0.15) is 34.1 Å². The molecule has 0 aliphatic carbocycles. The van der Waals surface area contributed by atoms with Crippen molar-refractivity contribution in [2.24, 2.45) is 0 Å². The molecule has 3 N–H and O–H groups in total. The number of Topliss-reactive ketones (excluding diaryl/α,β-unsaturated/α-hetero) is 1. The summed E-state index contributed by atoms with van der Waals surface area (Å²) in [5.41, 5.74) is 2.57. The Labute approximate surface area is 199 Å². The minimum Gasteiger partial charge on any atom is -0.380 e. The molecule has 2 heterocycles. The topological polar surface area (TPSA) is 104 Å². The molecule has 0 saturated carbocycles. The van der Waals surface area contributed by atoms with Crippen LogP contribution < -0.4 is 10.0 Å². The maximum Gasteiger partial charge on any atom is 0.416 e. The van der Waals surface area contributed by atoms with Gasteiger partial charge in [0.05, 0.1) is 28.0 Å². The van der Waals surface area contributed by atoms with E-state index < -0.39 is 26.7 Å². The molecule has 11 heteroatoms. The highest BCUT2D eigenvalue weighted by Crippen LogP contribution is 2.31. The predicted molar refractivity (Wildman–Crippen MR) is 127 cm³/mol. The van der Waals surface area contributed by atoms with Gasteiger partial charge in [-0.3, -0.25) is 9.52 Å². The SMILES string of the molecule is CC(=O)c1cc2cc(NCc3cc(NS(=O)(=O)c4cccc(C(F)(F)F)c4)ccc3C)cnc2[nH]1. The Bertz CT molecular complexity index is 1530. The minimum absolute atomic E-state index is 0.0995. The average molecular weight is 503 g/mol. The first-order valence-corrected chi connectivity index (χ1v) is 11.9. The van der Waals surface area contributed by atoms with E-state index in [0.717, 1.165) is 34.7 Å². The van der Waals surface area contributed by atoms with E-state index >= 15 is 0 Å². The fraction of sp³-hybridized carbons (Fsp3) is 0.167. The first-order valence-electron chi connectivity index (χ1n) is 10.5. The quantitative estimate of drug-likeness (QED) is 0.289. The van der Waals surface area contributed by atoms with Crippen molar-refractivity contribution in [3.63, 3.8) is 0 Å². The van der Waals surface area contributed by atoms with Crippen LogP contribution in [0, 0.1) is 6.92 Å². The molecular formula is C24H21F3N4O3S. The molecule has 0 aliphatic rings. The van der Waals surface area contributed by atoms with Crippen LogP contribution in [0.3, 0.4) is 0 Å². The van der Waals surface area contributed by atoms with Crippen molar-refractivity contribution in [3.05, 3.63) is 83.2 Å². The molecule has 7 nitrogen and oxygen atoms in total. The summed E-state index contributed by atoms with van der Waals surface area (Å²) in [5.74, 6) is -0.0995. The zero-order chi connectivity index (χ0) is 25.4. The molecule has 2 aromatic carbocycles. The Morgan fingerprint density at radius 2 is 1.83 bits per heavy atom. The van der Waals surface area contributed by atoms with E-state index in [2.05, 4.69) is 20.0 Å². The Kier molecular flexibility index (Phi) is 6.28. The molecule has 0 amide bonds. The van der Waals surface area contributed by atoms with Gasteiger partial charge in [0.1, 0.15) is 5.65 Å². The fourth-order valence-corrected chi connectivity index (χ4v) is 4.57. The van der Waals surface area contributed by atoms with Gasteiger partial charge in [-0.15, -0.1) is 0 Å². The normalized spacial score (nSPS) is 12.0. The summed E-state index contributed by atoms with van der Waals surface area (Å²) in [6.07, 6.45) is -3.04. The van der Waals surface area contributed by atoms with E-state index in [1.807, 2.05) is 13.0 Å². The van der Waals surface area contributed by atoms with Gasteiger partial charge in [-0.1, -0.05) is 12.1 Å². The van der Waals surface area contributed by atoms with Crippen LogP contribution >= 0.6 is 0 Å². The number of sulfonamides is 1. The third kappa shape index (κ3) is 5.46. The van der Waals surface area contributed by atoms with E-state index in [1.165, 1.54) is 6.92 Å². The monoisotopic (exact) mass is 502 g/mol. The molecule has 0 unspecified atom stereocenters. The molecule has 35 heavy (non-hydrogen) atoms. The highest BCUT2D eigenvalue weighted by atomic mass is 32.2. The second-order valence-corrected chi connectivity index (χ2v) is 9.71. The van der Waals surface area contributed by atoms with Gasteiger partial charge in [0.15, 0.2) is 5.78 Å². The van der Waals surface area contributed by atoms with Crippen LogP contribution in [-0.4, -0.2) is 24.2 Å². The lowest BCUT2D eigenvalue weighted by Gasteiger charge is -2.14. The molecule has 0 spiro atoms. The van der Waals surface area contributed by atoms with E-state index in [-0.39, 0.29) is 11.5 Å². The molecule has 4 rings (SSSR count). The standard InChI is InChI=1S/C24H21F3N4O3S/c1-14-6-7-19(31-35(33,34)21-5-3-4-18(11-21)24(25,26)27)9-17(14)12-28-20-8-16-10-22(15(2)32)30-23(16)29-13-20/h3-11,13,28,31H,12H2,1-2H3,(H,29,30). The summed E-state index contributed by atoms with van der Waals surface area (Å²) in [6, 6.07) is 12.0. The molecule has 0 aliphatic heterocycles. The second-order valence-electron chi connectivity index (χ2n) is 8.03. The van der Waals surface area contributed by atoms with Gasteiger partial charge < -0.3 is 10.3 Å². The fourth-order valence-electron chi connectivity index (χ4n) is 3.48. The number of aromatic nitrogens is 2. The number of nitrogens with one attached hydrogen (secondary N) is 3. The van der Waals surface area contributed by atoms with Crippen LogP contribution in [0.5, 0.6) is 0 Å². The van der Waals surface area contributed by atoms with Gasteiger partial charge in [-0.25, -0.2) is 13.4 Å². The van der Waals surface area contributed by atoms with Gasteiger partial charge in [-0.2, -0.15) is 13.2 Å². The molecule has 2 aromatic heterocycles. The minimum atomic E-state index is -4.65. The maximum absolute atomic E-state index is 13.0. The van der Waals surface area contributed by atoms with Gasteiger partial charge in [0.25, 0.3) is 10.0 Å². The number of rotatable bonds is 7. The molecule has 182 valence electrons. The maximum atomic E-state index is 13.0. The largest absolute Gasteiger partial charge is 0.416 e. The molecule has 0 saturated heterocycles. The third-order valence-electron chi connectivity index (χ3n) is 5.41. The number of benzene rings is 2. The highest BCUT2D eigenvalue weighted by molar-refractivity contribution is 7.92. The summed E-state index contributed by atoms with van der Waals surface area (Å²) >= 11 is 0. The van der Waals surface area contributed by atoms with Gasteiger partial charge in [0, 0.05) is 24.5 Å². The van der Waals surface area contributed by atoms with Crippen LogP contribution in [0.4, 0.5) is 24.5 Å². The number of carbonyl (C=O) groups excluding carboxylic acids is 1. The van der Waals surface area contributed by atoms with Crippen LogP contribution in [0.25, 0.3) is 11.0 Å². The number of hydrogen-bond donors (Lipinski definition) is 3. The summed E-state index contributed by atoms with van der Waals surface area (Å²) in [7, 11) is -4.23. The van der Waals surface area contributed by atoms with Crippen molar-refractivity contribution in [1.82, 2.24) is 9.97 Å². The summed E-state index contributed by atoms with van der Waals surface area (Å²) in [6.45, 7) is 3.65. The lowest BCUT2D eigenvalue weighted by molar-refractivity contribution is -0.137. The van der Waals surface area contributed by atoms with Gasteiger partial charge in [0.2, 0.25) is 0 Å². The van der Waals surface area contributed by atoms with Crippen molar-refractivity contribution < 1.29 is 26.4 Å². The first-order chi connectivity index (χ1) is 16.4. The number of hydrogen-bond acceptors (Lipinski definition) is 5. The number of aromatic amines is 1. The first kappa shape index (κ1) is 24.3. The molecule has 0 radical (unpaired) electrons. The molecular weight excluding hydrogens is 481 g/mol. The van der Waals surface area contributed by atoms with Crippen molar-refractivity contribution in [2.75, 3.05) is 10.0 Å². The predicted octanol–water partition coefficient (Wildman–Crippen LogP) is 5.51. The van der Waals surface area contributed by atoms with E-state index in [4.69, 9.17) is 0 Å². The Morgan fingerprint density at radius 1 is 1.06 bits per heavy atom. The number of H-pyrrole nitrogens is 1. The Balaban J connectivity index is 1.52. The van der Waals surface area contributed by atoms with Crippen molar-refractivity contribution in [2.45, 2.75) is 31.5 Å². The molecule has 0 bridgehead atoms. The van der Waals surface area contributed by atoms with E-state index in [1.54, 1.807) is 30.5 Å². The molecule has 0 atom stereocenters.